The average molecular weight is 1070 g/mol. The van der Waals surface area contributed by atoms with Crippen molar-refractivity contribution in [3.8, 4) is 0 Å². The molecule has 1 saturated carbocycles. The first-order valence-corrected chi connectivity index (χ1v) is 27.5. The summed E-state index contributed by atoms with van der Waals surface area (Å²) in [5, 5.41) is 27.2. The molecule has 2 saturated heterocycles. The Morgan fingerprint density at radius 2 is 1.61 bits per heavy atom. The largest absolute Gasteiger partial charge is 0.460 e. The van der Waals surface area contributed by atoms with Crippen molar-refractivity contribution in [1.29, 1.82) is 0 Å². The molecule has 0 aromatic heterocycles. The monoisotopic (exact) mass is 1070 g/mol. The number of fused-ring (bicyclic) bond motifs is 3. The van der Waals surface area contributed by atoms with E-state index in [2.05, 4.69) is 10.0 Å². The lowest BCUT2D eigenvalue weighted by molar-refractivity contribution is -0.265. The highest BCUT2D eigenvalue weighted by Crippen LogP contribution is 2.38. The Labute approximate surface area is 454 Å². The average Bonchev–Trinajstić information content (AvgIpc) is 3.41. The Hall–Kier alpha value is -5.33. The lowest BCUT2D eigenvalue weighted by atomic mass is 9.78. The van der Waals surface area contributed by atoms with Crippen LogP contribution in [0.15, 0.2) is 77.0 Å². The molecular formula is C59H84N4O14. The van der Waals surface area contributed by atoms with E-state index in [-0.39, 0.29) is 49.2 Å². The van der Waals surface area contributed by atoms with Crippen molar-refractivity contribution in [2.45, 2.75) is 186 Å². The highest BCUT2D eigenvalue weighted by Gasteiger charge is 2.53. The molecule has 3 heterocycles. The minimum atomic E-state index is -2.46. The number of allylic oxidation sites excluding steroid dienone is 6. The number of aliphatic hydroxyl groups excluding tert-OH is 1. The summed E-state index contributed by atoms with van der Waals surface area (Å²) in [6, 6.07) is 5.45. The molecule has 0 radical (unpaired) electrons. The fourth-order valence-electron chi connectivity index (χ4n) is 11.3. The minimum absolute atomic E-state index is 0.00421. The predicted molar refractivity (Wildman–Crippen MR) is 288 cm³/mol. The fraction of sp³-hybridized carbons (Fsp3) is 0.661. The Balaban J connectivity index is 1.42. The Morgan fingerprint density at radius 1 is 0.883 bits per heavy atom. The van der Waals surface area contributed by atoms with Gasteiger partial charge in [-0.25, -0.2) is 4.79 Å². The molecule has 18 nitrogen and oxygen atoms in total. The van der Waals surface area contributed by atoms with E-state index in [1.165, 1.54) is 12.0 Å². The molecule has 1 aliphatic carbocycles. The molecule has 77 heavy (non-hydrogen) atoms. The van der Waals surface area contributed by atoms with E-state index in [9.17, 15) is 39.0 Å². The number of rotatable bonds is 10. The Morgan fingerprint density at radius 3 is 2.29 bits per heavy atom. The third-order valence-corrected chi connectivity index (χ3v) is 16.2. The number of cyclic esters (lactones) is 1. The first kappa shape index (κ1) is 62.5. The topological polar surface area (TPSA) is 250 Å². The maximum atomic E-state index is 14.6. The van der Waals surface area contributed by atoms with Crippen molar-refractivity contribution in [1.82, 2.24) is 4.90 Å². The van der Waals surface area contributed by atoms with Gasteiger partial charge < -0.3 is 43.5 Å². The van der Waals surface area contributed by atoms with Gasteiger partial charge in [0, 0.05) is 69.1 Å². The number of ketones is 3. The third kappa shape index (κ3) is 17.1. The minimum Gasteiger partial charge on any atom is -0.460 e. The zero-order valence-electron chi connectivity index (χ0n) is 46.8. The molecule has 3 fully saturated rings. The quantitative estimate of drug-likeness (QED) is 0.0554. The number of nitrogens with zero attached hydrogens (tertiary/aromatic N) is 4. The molecular weight excluding hydrogens is 989 g/mol. The van der Waals surface area contributed by atoms with Crippen molar-refractivity contribution in [3.63, 3.8) is 0 Å². The van der Waals surface area contributed by atoms with Gasteiger partial charge in [-0.15, -0.1) is 0 Å². The number of hydrogen-bond donors (Lipinski definition) is 2. The Bertz CT molecular complexity index is 2380. The summed E-state index contributed by atoms with van der Waals surface area (Å²) < 4.78 is 35.8. The second-order valence-electron chi connectivity index (χ2n) is 22.1. The second-order valence-corrected chi connectivity index (χ2v) is 22.1. The van der Waals surface area contributed by atoms with Gasteiger partial charge in [-0.3, -0.25) is 24.0 Å². The van der Waals surface area contributed by atoms with Gasteiger partial charge in [0.15, 0.2) is 5.78 Å². The van der Waals surface area contributed by atoms with Crippen molar-refractivity contribution in [3.05, 3.63) is 87.9 Å². The number of esters is 2. The number of carbonyl (C=O) groups is 6. The molecule has 2 bridgehead atoms. The lowest BCUT2D eigenvalue weighted by Crippen LogP contribution is -2.61. The maximum Gasteiger partial charge on any atom is 0.329 e. The molecule has 0 unspecified atom stereocenters. The summed E-state index contributed by atoms with van der Waals surface area (Å²) in [6.45, 7) is 12.6. The zero-order chi connectivity index (χ0) is 56.6. The molecule has 1 aromatic carbocycles. The standard InChI is InChI=1S/C59H84N4O14/c1-35-16-12-11-13-17-36(2)49(72-8)33-45-25-19-41(7)59(71,77-45)56(68)57(69)63-27-15-14-18-46(63)58(70)76-50(34-47(64)37(3)29-40(6)54(67)55(74-10)53(66)39(5)28-35)38(4)30-43-22-26-48(51(31-43)73-9)75-52(65)32-42-20-23-44(24-21-42)61-62-60/h11-13,16-17,20-21,23-24,29,35,37-39,41,43,45-46,48-51,54-55,67,71H,14-15,18-19,22,25-28,30-34H2,1-10H3/b13-11+,16-12+,36-17+,40-29+/t35-,37-,38-,39-,41-,43+,45+,46+,48-,49+,50+,51-,54-,55+,59-/m1/s1. The van der Waals surface area contributed by atoms with Crippen LogP contribution in [0.5, 0.6) is 0 Å². The van der Waals surface area contributed by atoms with Crippen LogP contribution in [0.1, 0.15) is 131 Å². The maximum absolute atomic E-state index is 14.6. The van der Waals surface area contributed by atoms with Gasteiger partial charge in [-0.2, -0.15) is 0 Å². The van der Waals surface area contributed by atoms with E-state index in [4.69, 9.17) is 34.0 Å². The number of benzene rings is 1. The van der Waals surface area contributed by atoms with Crippen LogP contribution in [-0.4, -0.2) is 133 Å². The predicted octanol–water partition coefficient (Wildman–Crippen LogP) is 8.92. The van der Waals surface area contributed by atoms with Crippen LogP contribution in [-0.2, 0) is 63.6 Å². The number of azide groups is 1. The zero-order valence-corrected chi connectivity index (χ0v) is 46.8. The van der Waals surface area contributed by atoms with E-state index >= 15 is 0 Å². The SMILES string of the molecule is CO[C@H]1C[C@@H]2CC[C@@H](C)[C@@](O)(O2)C(=O)C(=O)N2CCCC[C@H]2C(=O)O[C@H]([C@H](C)C[C@@H]2CC[C@@H](OC(=O)Cc3ccc(N=[N+]=[N-])cc3)[C@H](OC)C2)CC(=O)[C@H](C)/C=C(\C)[C@@H](O)[C@@H](OC)C(=O)[C@H](C)C[C@H](C)/C=C/C=C/C=C/1C. The van der Waals surface area contributed by atoms with Gasteiger partial charge in [0.05, 0.1) is 24.7 Å². The van der Waals surface area contributed by atoms with Gasteiger partial charge in [-0.05, 0) is 118 Å². The number of carbonyl (C=O) groups excluding carboxylic acids is 6. The van der Waals surface area contributed by atoms with E-state index < -0.39 is 102 Å². The van der Waals surface area contributed by atoms with Crippen LogP contribution in [0, 0.1) is 35.5 Å². The van der Waals surface area contributed by atoms with Gasteiger partial charge in [0.25, 0.3) is 11.7 Å². The van der Waals surface area contributed by atoms with E-state index in [0.717, 1.165) is 5.57 Å². The van der Waals surface area contributed by atoms with Crippen LogP contribution in [0.25, 0.3) is 10.4 Å². The summed E-state index contributed by atoms with van der Waals surface area (Å²) in [5.41, 5.74) is 11.1. The Kier molecular flexibility index (Phi) is 24.0. The number of hydrogen-bond acceptors (Lipinski definition) is 15. The normalized spacial score (nSPS) is 35.7. The summed E-state index contributed by atoms with van der Waals surface area (Å²) in [5.74, 6) is -8.91. The summed E-state index contributed by atoms with van der Waals surface area (Å²) in [4.78, 5) is 88.6. The van der Waals surface area contributed by atoms with Crippen molar-refractivity contribution in [2.75, 3.05) is 27.9 Å². The van der Waals surface area contributed by atoms with Gasteiger partial charge in [0.2, 0.25) is 5.79 Å². The molecule has 424 valence electrons. The highest BCUT2D eigenvalue weighted by atomic mass is 16.6. The van der Waals surface area contributed by atoms with E-state index in [0.29, 0.717) is 81.0 Å². The van der Waals surface area contributed by atoms with Crippen LogP contribution in [0.3, 0.4) is 0 Å². The van der Waals surface area contributed by atoms with Gasteiger partial charge in [0.1, 0.15) is 36.2 Å². The van der Waals surface area contributed by atoms with Gasteiger partial charge in [-0.1, -0.05) is 100 Å². The number of aliphatic hydroxyl groups is 2. The molecule has 3 aliphatic heterocycles. The molecule has 5 rings (SSSR count). The summed E-state index contributed by atoms with van der Waals surface area (Å²) in [6.07, 6.45) is 10.4. The van der Waals surface area contributed by atoms with E-state index in [1.54, 1.807) is 72.3 Å². The molecule has 15 atom stereocenters. The lowest BCUT2D eigenvalue weighted by Gasteiger charge is -2.42. The first-order chi connectivity index (χ1) is 36.6. The molecule has 1 aromatic rings. The molecule has 2 N–H and O–H groups in total. The number of amides is 1. The summed E-state index contributed by atoms with van der Waals surface area (Å²) >= 11 is 0. The molecule has 4 aliphatic rings. The van der Waals surface area contributed by atoms with Crippen molar-refractivity contribution >= 4 is 40.9 Å². The van der Waals surface area contributed by atoms with Crippen molar-refractivity contribution < 1.29 is 67.4 Å². The number of Topliss-reactive ketones (excluding diaryl/α,β-unsaturated/α-hetero) is 3. The van der Waals surface area contributed by atoms with Crippen molar-refractivity contribution in [2.24, 2.45) is 40.6 Å². The van der Waals surface area contributed by atoms with Crippen LogP contribution < -0.4 is 0 Å². The smallest absolute Gasteiger partial charge is 0.329 e. The summed E-state index contributed by atoms with van der Waals surface area (Å²) in [7, 11) is 4.49. The number of ether oxygens (including phenoxy) is 6. The van der Waals surface area contributed by atoms with Crippen LogP contribution in [0.2, 0.25) is 0 Å². The molecule has 1 amide bonds. The number of methoxy groups -OCH3 is 3. The van der Waals surface area contributed by atoms with Crippen LogP contribution >= 0.6 is 0 Å². The fourth-order valence-corrected chi connectivity index (χ4v) is 11.3. The second kappa shape index (κ2) is 29.6. The van der Waals surface area contributed by atoms with Gasteiger partial charge >= 0.3 is 11.9 Å². The van der Waals surface area contributed by atoms with Crippen LogP contribution in [0.4, 0.5) is 5.69 Å². The first-order valence-electron chi connectivity index (χ1n) is 27.5. The highest BCUT2D eigenvalue weighted by molar-refractivity contribution is 6.39. The number of piperidine rings is 1. The molecule has 18 heteroatoms. The third-order valence-electron chi connectivity index (χ3n) is 16.2. The molecule has 0 spiro atoms. The van der Waals surface area contributed by atoms with E-state index in [1.807, 2.05) is 51.2 Å².